The highest BCUT2D eigenvalue weighted by molar-refractivity contribution is 6.29. The second-order valence-electron chi connectivity index (χ2n) is 2.27. The van der Waals surface area contributed by atoms with E-state index in [2.05, 4.69) is 17.2 Å². The summed E-state index contributed by atoms with van der Waals surface area (Å²) in [7, 11) is 0. The fourth-order valence-corrected chi connectivity index (χ4v) is 0.892. The summed E-state index contributed by atoms with van der Waals surface area (Å²) in [4.78, 5) is 3.96. The zero-order valence-electron chi connectivity index (χ0n) is 7.29. The first kappa shape index (κ1) is 15.5. The van der Waals surface area contributed by atoms with Gasteiger partial charge in [0.25, 0.3) is 0 Å². The number of halogens is 3. The molecule has 1 rings (SSSR count). The fraction of sp³-hybridized carbons (Fsp3) is 0.375. The fourth-order valence-electron chi connectivity index (χ4n) is 0.780. The van der Waals surface area contributed by atoms with Crippen LogP contribution in [0.4, 0.5) is 0 Å². The van der Waals surface area contributed by atoms with Crippen LogP contribution in [0.3, 0.4) is 0 Å². The monoisotopic (exact) mass is 242 g/mol. The second-order valence-corrected chi connectivity index (χ2v) is 2.66. The molecule has 0 radical (unpaired) electrons. The Balaban J connectivity index is 0. The molecule has 0 unspecified atom stereocenters. The SMILES string of the molecule is CCNCc1ccc(Cl)nc1.Cl.Cl. The largest absolute Gasteiger partial charge is 0.313 e. The topological polar surface area (TPSA) is 24.9 Å². The Kier molecular flexibility index (Phi) is 10.2. The Morgan fingerprint density at radius 2 is 2.08 bits per heavy atom. The smallest absolute Gasteiger partial charge is 0.129 e. The quantitative estimate of drug-likeness (QED) is 0.826. The van der Waals surface area contributed by atoms with Crippen LogP contribution in [0.2, 0.25) is 5.15 Å². The van der Waals surface area contributed by atoms with Crippen LogP contribution in [-0.4, -0.2) is 11.5 Å². The summed E-state index contributed by atoms with van der Waals surface area (Å²) in [6, 6.07) is 3.77. The summed E-state index contributed by atoms with van der Waals surface area (Å²) in [6.07, 6.45) is 1.78. The first-order chi connectivity index (χ1) is 5.33. The van der Waals surface area contributed by atoms with E-state index in [0.717, 1.165) is 18.7 Å². The highest BCUT2D eigenvalue weighted by atomic mass is 35.5. The maximum Gasteiger partial charge on any atom is 0.129 e. The van der Waals surface area contributed by atoms with Gasteiger partial charge in [-0.3, -0.25) is 0 Å². The zero-order chi connectivity index (χ0) is 8.10. The van der Waals surface area contributed by atoms with Crippen LogP contribution in [-0.2, 0) is 6.54 Å². The minimum Gasteiger partial charge on any atom is -0.313 e. The van der Waals surface area contributed by atoms with E-state index in [1.165, 1.54) is 0 Å². The van der Waals surface area contributed by atoms with Crippen molar-refractivity contribution in [2.45, 2.75) is 13.5 Å². The van der Waals surface area contributed by atoms with Gasteiger partial charge >= 0.3 is 0 Å². The molecule has 1 N–H and O–H groups in total. The lowest BCUT2D eigenvalue weighted by Crippen LogP contribution is -2.11. The minimum atomic E-state index is 0. The molecule has 0 aliphatic heterocycles. The highest BCUT2D eigenvalue weighted by Gasteiger charge is 1.91. The Morgan fingerprint density at radius 1 is 1.38 bits per heavy atom. The Labute approximate surface area is 95.9 Å². The van der Waals surface area contributed by atoms with E-state index < -0.39 is 0 Å². The molecule has 0 aromatic carbocycles. The Morgan fingerprint density at radius 3 is 2.54 bits per heavy atom. The molecule has 1 aromatic heterocycles. The van der Waals surface area contributed by atoms with Gasteiger partial charge in [-0.2, -0.15) is 0 Å². The van der Waals surface area contributed by atoms with Crippen molar-refractivity contribution >= 4 is 36.4 Å². The van der Waals surface area contributed by atoms with Gasteiger partial charge in [0.05, 0.1) is 0 Å². The lowest BCUT2D eigenvalue weighted by Gasteiger charge is -1.99. The summed E-state index contributed by atoms with van der Waals surface area (Å²) >= 11 is 5.61. The maximum atomic E-state index is 5.61. The minimum absolute atomic E-state index is 0. The van der Waals surface area contributed by atoms with Gasteiger partial charge in [-0.15, -0.1) is 24.8 Å². The van der Waals surface area contributed by atoms with Crippen LogP contribution in [0.25, 0.3) is 0 Å². The van der Waals surface area contributed by atoms with Gasteiger partial charge in [0, 0.05) is 12.7 Å². The average molecular weight is 244 g/mol. The van der Waals surface area contributed by atoms with Gasteiger partial charge in [0.2, 0.25) is 0 Å². The van der Waals surface area contributed by atoms with Crippen LogP contribution in [0.15, 0.2) is 18.3 Å². The number of hydrogen-bond acceptors (Lipinski definition) is 2. The first-order valence-corrected chi connectivity index (χ1v) is 4.02. The molecule has 0 amide bonds. The van der Waals surface area contributed by atoms with E-state index in [-0.39, 0.29) is 24.8 Å². The Bertz CT molecular complexity index is 213. The molecule has 0 spiro atoms. The molecule has 0 saturated carbocycles. The molecule has 0 aliphatic rings. The van der Waals surface area contributed by atoms with Crippen molar-refractivity contribution in [3.8, 4) is 0 Å². The second kappa shape index (κ2) is 8.57. The molecule has 0 bridgehead atoms. The van der Waals surface area contributed by atoms with Crippen LogP contribution in [0.1, 0.15) is 12.5 Å². The first-order valence-electron chi connectivity index (χ1n) is 3.64. The molecule has 13 heavy (non-hydrogen) atoms. The van der Waals surface area contributed by atoms with Gasteiger partial charge < -0.3 is 5.32 Å². The summed E-state index contributed by atoms with van der Waals surface area (Å²) in [6.45, 7) is 3.91. The summed E-state index contributed by atoms with van der Waals surface area (Å²) in [5.41, 5.74) is 1.16. The molecular formula is C8H13Cl3N2. The number of nitrogens with one attached hydrogen (secondary N) is 1. The predicted molar refractivity (Wildman–Crippen MR) is 61.1 cm³/mol. The van der Waals surface area contributed by atoms with Gasteiger partial charge in [-0.1, -0.05) is 24.6 Å². The molecular weight excluding hydrogens is 230 g/mol. The van der Waals surface area contributed by atoms with E-state index in [1.807, 2.05) is 6.07 Å². The molecule has 1 heterocycles. The van der Waals surface area contributed by atoms with E-state index >= 15 is 0 Å². The van der Waals surface area contributed by atoms with Gasteiger partial charge in [-0.25, -0.2) is 4.98 Å². The lowest BCUT2D eigenvalue weighted by molar-refractivity contribution is 0.724. The summed E-state index contributed by atoms with van der Waals surface area (Å²) in [5, 5.41) is 3.75. The molecule has 76 valence electrons. The zero-order valence-corrected chi connectivity index (χ0v) is 9.68. The molecule has 0 aliphatic carbocycles. The normalized spacial score (nSPS) is 8.46. The number of hydrogen-bond donors (Lipinski definition) is 1. The van der Waals surface area contributed by atoms with E-state index in [9.17, 15) is 0 Å². The third-order valence-electron chi connectivity index (χ3n) is 1.37. The predicted octanol–water partition coefficient (Wildman–Crippen LogP) is 2.69. The third-order valence-corrected chi connectivity index (χ3v) is 1.59. The van der Waals surface area contributed by atoms with Gasteiger partial charge in [0.15, 0.2) is 0 Å². The van der Waals surface area contributed by atoms with E-state index in [1.54, 1.807) is 12.3 Å². The molecule has 1 aromatic rings. The van der Waals surface area contributed by atoms with Crippen molar-refractivity contribution < 1.29 is 0 Å². The molecule has 0 saturated heterocycles. The number of nitrogens with zero attached hydrogens (tertiary/aromatic N) is 1. The van der Waals surface area contributed by atoms with Crippen molar-refractivity contribution in [2.75, 3.05) is 6.54 Å². The van der Waals surface area contributed by atoms with Crippen LogP contribution >= 0.6 is 36.4 Å². The number of aromatic nitrogens is 1. The van der Waals surface area contributed by atoms with Crippen LogP contribution in [0, 0.1) is 0 Å². The summed E-state index contributed by atoms with van der Waals surface area (Å²) < 4.78 is 0. The van der Waals surface area contributed by atoms with Crippen LogP contribution in [0.5, 0.6) is 0 Å². The van der Waals surface area contributed by atoms with Gasteiger partial charge in [0.1, 0.15) is 5.15 Å². The van der Waals surface area contributed by atoms with Crippen molar-refractivity contribution in [1.82, 2.24) is 10.3 Å². The summed E-state index contributed by atoms with van der Waals surface area (Å²) in [5.74, 6) is 0. The maximum absolute atomic E-state index is 5.61. The van der Waals surface area contributed by atoms with Crippen LogP contribution < -0.4 is 5.32 Å². The lowest BCUT2D eigenvalue weighted by atomic mass is 10.3. The average Bonchev–Trinajstić information content (AvgIpc) is 2.04. The molecule has 0 atom stereocenters. The Hall–Kier alpha value is -0.0200. The number of pyridine rings is 1. The van der Waals surface area contributed by atoms with E-state index in [4.69, 9.17) is 11.6 Å². The van der Waals surface area contributed by atoms with Gasteiger partial charge in [-0.05, 0) is 18.2 Å². The number of rotatable bonds is 3. The molecule has 0 fully saturated rings. The standard InChI is InChI=1S/C8H11ClN2.2ClH/c1-2-10-5-7-3-4-8(9)11-6-7;;/h3-4,6,10H,2,5H2,1H3;2*1H. The van der Waals surface area contributed by atoms with Crippen molar-refractivity contribution in [2.24, 2.45) is 0 Å². The van der Waals surface area contributed by atoms with Crippen molar-refractivity contribution in [1.29, 1.82) is 0 Å². The van der Waals surface area contributed by atoms with E-state index in [0.29, 0.717) is 5.15 Å². The van der Waals surface area contributed by atoms with Crippen molar-refractivity contribution in [3.63, 3.8) is 0 Å². The molecule has 5 heteroatoms. The molecule has 2 nitrogen and oxygen atoms in total. The third kappa shape index (κ3) is 6.11. The van der Waals surface area contributed by atoms with Crippen molar-refractivity contribution in [3.05, 3.63) is 29.0 Å². The highest BCUT2D eigenvalue weighted by Crippen LogP contribution is 2.04.